The average molecular weight is 488 g/mol. The number of rotatable bonds is 9. The van der Waals surface area contributed by atoms with Gasteiger partial charge in [-0.15, -0.1) is 0 Å². The second kappa shape index (κ2) is 11.1. The number of aryl methyl sites for hydroxylation is 1. The van der Waals surface area contributed by atoms with Gasteiger partial charge in [-0.3, -0.25) is 14.9 Å². The fraction of sp³-hybridized carbons (Fsp3) is 0.250. The normalized spacial score (nSPS) is 15.2. The maximum Gasteiger partial charge on any atom is 0.0607 e. The third kappa shape index (κ3) is 5.63. The van der Waals surface area contributed by atoms with Gasteiger partial charge in [0.05, 0.1) is 17.4 Å². The number of pyridine rings is 2. The fourth-order valence-electron chi connectivity index (χ4n) is 5.49. The van der Waals surface area contributed by atoms with Crippen LogP contribution < -0.4 is 5.32 Å². The Balaban J connectivity index is 1.19. The molecule has 1 aliphatic rings. The lowest BCUT2D eigenvalue weighted by Gasteiger charge is -2.35. The number of nitrogens with one attached hydrogen (secondary N) is 2. The molecule has 5 aromatic rings. The first-order chi connectivity index (χ1) is 18.3. The van der Waals surface area contributed by atoms with E-state index in [9.17, 15) is 0 Å². The second-order valence-corrected chi connectivity index (χ2v) is 9.98. The first kappa shape index (κ1) is 23.6. The van der Waals surface area contributed by atoms with Crippen LogP contribution in [0.15, 0.2) is 97.3 Å². The molecule has 2 N–H and O–H groups in total. The molecular formula is C32H33N5. The molecule has 1 unspecified atom stereocenters. The summed E-state index contributed by atoms with van der Waals surface area (Å²) in [4.78, 5) is 15.5. The van der Waals surface area contributed by atoms with Crippen LogP contribution in [0.3, 0.4) is 0 Å². The predicted octanol–water partition coefficient (Wildman–Crippen LogP) is 6.33. The SMILES string of the molecule is c1ccc(CNCc2ccc(CN(Cc3cc4ccccc4[nH]3)C3CCCc4cccnc43)cc2)nc1. The van der Waals surface area contributed by atoms with Gasteiger partial charge in [-0.2, -0.15) is 0 Å². The lowest BCUT2D eigenvalue weighted by Crippen LogP contribution is -2.31. The van der Waals surface area contributed by atoms with Gasteiger partial charge < -0.3 is 10.3 Å². The highest BCUT2D eigenvalue weighted by Gasteiger charge is 2.27. The van der Waals surface area contributed by atoms with E-state index in [1.807, 2.05) is 24.5 Å². The van der Waals surface area contributed by atoms with Crippen molar-refractivity contribution in [1.29, 1.82) is 0 Å². The van der Waals surface area contributed by atoms with E-state index < -0.39 is 0 Å². The van der Waals surface area contributed by atoms with Crippen molar-refractivity contribution < 1.29 is 0 Å². The second-order valence-electron chi connectivity index (χ2n) is 9.98. The topological polar surface area (TPSA) is 56.8 Å². The van der Waals surface area contributed by atoms with E-state index in [4.69, 9.17) is 4.98 Å². The highest BCUT2D eigenvalue weighted by molar-refractivity contribution is 5.80. The van der Waals surface area contributed by atoms with E-state index in [1.54, 1.807) is 0 Å². The molecule has 0 bridgehead atoms. The van der Waals surface area contributed by atoms with Gasteiger partial charge in [0.2, 0.25) is 0 Å². The van der Waals surface area contributed by atoms with E-state index in [-0.39, 0.29) is 0 Å². The Kier molecular flexibility index (Phi) is 7.06. The zero-order valence-electron chi connectivity index (χ0n) is 21.1. The summed E-state index contributed by atoms with van der Waals surface area (Å²) in [7, 11) is 0. The number of fused-ring (bicyclic) bond motifs is 2. The Morgan fingerprint density at radius 2 is 1.65 bits per heavy atom. The standard InChI is InChI=1S/C32H33N5/c1-2-11-30-27(7-1)19-29(36-30)23-37(31-12-5-8-26-9-6-18-35-32(26)31)22-25-15-13-24(14-16-25)20-33-21-28-10-3-4-17-34-28/h1-4,6-7,9-11,13-19,31,33,36H,5,8,12,20-23H2. The molecule has 5 nitrogen and oxygen atoms in total. The van der Waals surface area contributed by atoms with Crippen molar-refractivity contribution >= 4 is 10.9 Å². The highest BCUT2D eigenvalue weighted by Crippen LogP contribution is 2.35. The Bertz CT molecular complexity index is 1410. The Labute approximate surface area is 218 Å². The van der Waals surface area contributed by atoms with Gasteiger partial charge in [-0.05, 0) is 71.7 Å². The van der Waals surface area contributed by atoms with Crippen molar-refractivity contribution in [3.63, 3.8) is 0 Å². The van der Waals surface area contributed by atoms with Crippen LogP contribution in [0.1, 0.15) is 52.7 Å². The van der Waals surface area contributed by atoms with Gasteiger partial charge in [-0.1, -0.05) is 54.6 Å². The minimum atomic E-state index is 0.316. The molecule has 0 amide bonds. The van der Waals surface area contributed by atoms with Crippen molar-refractivity contribution in [1.82, 2.24) is 25.2 Å². The molecule has 37 heavy (non-hydrogen) atoms. The molecule has 0 aliphatic heterocycles. The molecule has 0 radical (unpaired) electrons. The maximum atomic E-state index is 4.86. The molecule has 1 atom stereocenters. The van der Waals surface area contributed by atoms with Gasteiger partial charge in [0.15, 0.2) is 0 Å². The first-order valence-electron chi connectivity index (χ1n) is 13.2. The Hall–Kier alpha value is -3.80. The molecule has 5 heteroatoms. The van der Waals surface area contributed by atoms with Crippen LogP contribution in [-0.2, 0) is 32.6 Å². The first-order valence-corrected chi connectivity index (χ1v) is 13.2. The van der Waals surface area contributed by atoms with E-state index >= 15 is 0 Å². The molecule has 1 aliphatic carbocycles. The summed E-state index contributed by atoms with van der Waals surface area (Å²) in [5, 5.41) is 4.77. The van der Waals surface area contributed by atoms with Gasteiger partial charge in [0.25, 0.3) is 0 Å². The largest absolute Gasteiger partial charge is 0.357 e. The number of hydrogen-bond donors (Lipinski definition) is 2. The Morgan fingerprint density at radius 3 is 2.51 bits per heavy atom. The van der Waals surface area contributed by atoms with E-state index in [0.717, 1.165) is 44.7 Å². The predicted molar refractivity (Wildman–Crippen MR) is 149 cm³/mol. The van der Waals surface area contributed by atoms with E-state index in [2.05, 4.69) is 93.0 Å². The monoisotopic (exact) mass is 487 g/mol. The van der Waals surface area contributed by atoms with Gasteiger partial charge >= 0.3 is 0 Å². The van der Waals surface area contributed by atoms with Crippen molar-refractivity contribution in [2.24, 2.45) is 0 Å². The van der Waals surface area contributed by atoms with Crippen LogP contribution in [0.2, 0.25) is 0 Å². The molecular weight excluding hydrogens is 454 g/mol. The fourth-order valence-corrected chi connectivity index (χ4v) is 5.49. The van der Waals surface area contributed by atoms with Crippen molar-refractivity contribution in [2.45, 2.75) is 51.5 Å². The van der Waals surface area contributed by atoms with Crippen LogP contribution in [0.25, 0.3) is 10.9 Å². The van der Waals surface area contributed by atoms with Crippen LogP contribution in [-0.4, -0.2) is 19.9 Å². The number of H-pyrrole nitrogens is 1. The molecule has 186 valence electrons. The lowest BCUT2D eigenvalue weighted by atomic mass is 9.90. The van der Waals surface area contributed by atoms with Gasteiger partial charge in [0, 0.05) is 49.8 Å². The van der Waals surface area contributed by atoms with Crippen LogP contribution >= 0.6 is 0 Å². The summed E-state index contributed by atoms with van der Waals surface area (Å²) >= 11 is 0. The molecule has 0 spiro atoms. The van der Waals surface area contributed by atoms with Gasteiger partial charge in [0.1, 0.15) is 0 Å². The Morgan fingerprint density at radius 1 is 0.811 bits per heavy atom. The minimum Gasteiger partial charge on any atom is -0.357 e. The van der Waals surface area contributed by atoms with Gasteiger partial charge in [-0.25, -0.2) is 0 Å². The van der Waals surface area contributed by atoms with Crippen LogP contribution in [0, 0.1) is 0 Å². The lowest BCUT2D eigenvalue weighted by molar-refractivity contribution is 0.155. The summed E-state index contributed by atoms with van der Waals surface area (Å²) in [6.07, 6.45) is 7.26. The number of para-hydroxylation sites is 1. The van der Waals surface area contributed by atoms with E-state index in [0.29, 0.717) is 6.04 Å². The molecule has 0 fully saturated rings. The molecule has 0 saturated heterocycles. The zero-order chi connectivity index (χ0) is 24.9. The average Bonchev–Trinajstić information content (AvgIpc) is 3.36. The van der Waals surface area contributed by atoms with E-state index in [1.165, 1.54) is 45.4 Å². The van der Waals surface area contributed by atoms with Crippen molar-refractivity contribution in [3.05, 3.63) is 131 Å². The molecule has 2 aromatic carbocycles. The molecule has 0 saturated carbocycles. The summed E-state index contributed by atoms with van der Waals surface area (Å²) < 4.78 is 0. The zero-order valence-corrected chi connectivity index (χ0v) is 21.1. The smallest absolute Gasteiger partial charge is 0.0607 e. The third-order valence-electron chi connectivity index (χ3n) is 7.34. The quantitative estimate of drug-likeness (QED) is 0.255. The molecule has 3 heterocycles. The maximum absolute atomic E-state index is 4.86. The highest BCUT2D eigenvalue weighted by atomic mass is 15.2. The number of benzene rings is 2. The van der Waals surface area contributed by atoms with Crippen molar-refractivity contribution in [2.75, 3.05) is 0 Å². The number of hydrogen-bond acceptors (Lipinski definition) is 4. The number of nitrogens with zero attached hydrogens (tertiary/aromatic N) is 3. The third-order valence-corrected chi connectivity index (χ3v) is 7.34. The number of aromatic nitrogens is 3. The minimum absolute atomic E-state index is 0.316. The summed E-state index contributed by atoms with van der Waals surface area (Å²) in [6.45, 7) is 3.35. The number of aromatic amines is 1. The summed E-state index contributed by atoms with van der Waals surface area (Å²) in [5.74, 6) is 0. The van der Waals surface area contributed by atoms with Crippen LogP contribution in [0.4, 0.5) is 0 Å². The molecule has 6 rings (SSSR count). The van der Waals surface area contributed by atoms with Crippen LogP contribution in [0.5, 0.6) is 0 Å². The van der Waals surface area contributed by atoms with Crippen molar-refractivity contribution in [3.8, 4) is 0 Å². The molecule has 3 aromatic heterocycles. The summed E-state index contributed by atoms with van der Waals surface area (Å²) in [6, 6.07) is 30.5. The summed E-state index contributed by atoms with van der Waals surface area (Å²) in [5.41, 5.74) is 8.77.